The normalized spacial score (nSPS) is 11.2. The number of para-hydroxylation sites is 1. The second-order valence-corrected chi connectivity index (χ2v) is 4.41. The molecule has 0 unspecified atom stereocenters. The van der Waals surface area contributed by atoms with Gasteiger partial charge in [-0.1, -0.05) is 18.2 Å². The van der Waals surface area contributed by atoms with Crippen LogP contribution >= 0.6 is 0 Å². The highest BCUT2D eigenvalue weighted by molar-refractivity contribution is 5.84. The number of nitrogens with one attached hydrogen (secondary N) is 1. The van der Waals surface area contributed by atoms with E-state index in [4.69, 9.17) is 0 Å². The highest BCUT2D eigenvalue weighted by Crippen LogP contribution is 2.23. The Morgan fingerprint density at radius 3 is 2.88 bits per heavy atom. The molecule has 1 N–H and O–H groups in total. The van der Waals surface area contributed by atoms with Crippen molar-refractivity contribution in [3.05, 3.63) is 35.5 Å². The van der Waals surface area contributed by atoms with Crippen LogP contribution < -0.4 is 5.32 Å². The van der Waals surface area contributed by atoms with Crippen molar-refractivity contribution in [1.82, 2.24) is 9.88 Å². The molecule has 0 radical (unpaired) electrons. The Bertz CT molecular complexity index is 483. The molecule has 2 rings (SSSR count). The molecule has 0 saturated heterocycles. The number of fused-ring (bicyclic) bond motifs is 1. The van der Waals surface area contributed by atoms with Crippen LogP contribution in [0.3, 0.4) is 0 Å². The van der Waals surface area contributed by atoms with E-state index in [-0.39, 0.29) is 0 Å². The summed E-state index contributed by atoms with van der Waals surface area (Å²) < 4.78 is 2.30. The zero-order valence-electron chi connectivity index (χ0n) is 10.4. The molecule has 0 spiro atoms. The van der Waals surface area contributed by atoms with Crippen molar-refractivity contribution < 1.29 is 0 Å². The first-order valence-corrected chi connectivity index (χ1v) is 5.92. The maximum Gasteiger partial charge on any atom is 0.0512 e. The smallest absolute Gasteiger partial charge is 0.0512 e. The van der Waals surface area contributed by atoms with Gasteiger partial charge in [0.25, 0.3) is 0 Å². The summed E-state index contributed by atoms with van der Waals surface area (Å²) in [6, 6.07) is 8.87. The minimum atomic E-state index is 1.08. The fraction of sp³-hybridized carbons (Fsp3) is 0.429. The molecular formula is C14H20N2. The summed E-state index contributed by atoms with van der Waals surface area (Å²) in [7, 11) is 4.16. The minimum Gasteiger partial charge on any atom is -0.348 e. The Morgan fingerprint density at radius 2 is 2.12 bits per heavy atom. The van der Waals surface area contributed by atoms with Gasteiger partial charge in [-0.3, -0.25) is 0 Å². The van der Waals surface area contributed by atoms with Crippen LogP contribution in [0.1, 0.15) is 17.7 Å². The molecule has 0 atom stereocenters. The molecule has 0 aliphatic heterocycles. The fourth-order valence-corrected chi connectivity index (χ4v) is 2.29. The van der Waals surface area contributed by atoms with E-state index in [2.05, 4.69) is 48.1 Å². The number of benzene rings is 1. The molecule has 2 nitrogen and oxygen atoms in total. The van der Waals surface area contributed by atoms with Crippen molar-refractivity contribution in [3.63, 3.8) is 0 Å². The Morgan fingerprint density at radius 1 is 1.31 bits per heavy atom. The summed E-state index contributed by atoms with van der Waals surface area (Å²) >= 11 is 0. The molecule has 0 fully saturated rings. The van der Waals surface area contributed by atoms with E-state index in [1.807, 2.05) is 7.05 Å². The molecule has 0 saturated carbocycles. The van der Waals surface area contributed by atoms with Gasteiger partial charge >= 0.3 is 0 Å². The highest BCUT2D eigenvalue weighted by atomic mass is 14.9. The van der Waals surface area contributed by atoms with E-state index < -0.39 is 0 Å². The number of nitrogens with zero attached hydrogens (tertiary/aromatic N) is 1. The largest absolute Gasteiger partial charge is 0.348 e. The van der Waals surface area contributed by atoms with Gasteiger partial charge in [0, 0.05) is 18.1 Å². The number of hydrogen-bond acceptors (Lipinski definition) is 1. The Hall–Kier alpha value is -1.28. The van der Waals surface area contributed by atoms with E-state index >= 15 is 0 Å². The van der Waals surface area contributed by atoms with Crippen molar-refractivity contribution in [2.45, 2.75) is 19.8 Å². The maximum absolute atomic E-state index is 3.20. The van der Waals surface area contributed by atoms with Gasteiger partial charge < -0.3 is 9.88 Å². The van der Waals surface area contributed by atoms with Crippen LogP contribution in [0.4, 0.5) is 0 Å². The monoisotopic (exact) mass is 216 g/mol. The summed E-state index contributed by atoms with van der Waals surface area (Å²) in [4.78, 5) is 0. The van der Waals surface area contributed by atoms with E-state index in [9.17, 15) is 0 Å². The molecule has 2 heteroatoms. The molecule has 1 aromatic carbocycles. The van der Waals surface area contributed by atoms with E-state index in [0.717, 1.165) is 13.0 Å². The second-order valence-electron chi connectivity index (χ2n) is 4.41. The molecule has 0 aliphatic rings. The second kappa shape index (κ2) is 4.71. The topological polar surface area (TPSA) is 17.0 Å². The van der Waals surface area contributed by atoms with Crippen molar-refractivity contribution in [2.24, 2.45) is 7.05 Å². The van der Waals surface area contributed by atoms with Crippen LogP contribution in [0.25, 0.3) is 10.9 Å². The fourth-order valence-electron chi connectivity index (χ4n) is 2.29. The van der Waals surface area contributed by atoms with Gasteiger partial charge in [-0.05, 0) is 45.0 Å². The first-order chi connectivity index (χ1) is 7.74. The van der Waals surface area contributed by atoms with Crippen molar-refractivity contribution in [2.75, 3.05) is 13.6 Å². The average molecular weight is 216 g/mol. The molecule has 2 aromatic rings. The number of aryl methyl sites for hydroxylation is 3. The predicted molar refractivity (Wildman–Crippen MR) is 69.9 cm³/mol. The molecular weight excluding hydrogens is 196 g/mol. The highest BCUT2D eigenvalue weighted by Gasteiger charge is 2.06. The van der Waals surface area contributed by atoms with Gasteiger partial charge in [0.05, 0.1) is 5.52 Å². The van der Waals surface area contributed by atoms with Crippen LogP contribution in [0.15, 0.2) is 24.3 Å². The number of hydrogen-bond donors (Lipinski definition) is 1. The van der Waals surface area contributed by atoms with Crippen LogP contribution in [0.2, 0.25) is 0 Å². The Kier molecular flexibility index (Phi) is 3.30. The third kappa shape index (κ3) is 1.98. The summed E-state index contributed by atoms with van der Waals surface area (Å²) in [5, 5.41) is 4.56. The summed E-state index contributed by atoms with van der Waals surface area (Å²) in [5.74, 6) is 0. The quantitative estimate of drug-likeness (QED) is 0.777. The van der Waals surface area contributed by atoms with Gasteiger partial charge in [0.1, 0.15) is 0 Å². The average Bonchev–Trinajstić information content (AvgIpc) is 2.56. The van der Waals surface area contributed by atoms with Crippen LogP contribution in [0.5, 0.6) is 0 Å². The standard InChI is InChI=1S/C14H20N2/c1-11-10-13-7-4-6-12(8-5-9-15-2)14(13)16(11)3/h4,6-7,10,15H,5,8-9H2,1-3H3. The van der Waals surface area contributed by atoms with E-state index in [0.29, 0.717) is 0 Å². The van der Waals surface area contributed by atoms with Crippen LogP contribution in [0, 0.1) is 6.92 Å². The molecule has 0 bridgehead atoms. The third-order valence-electron chi connectivity index (χ3n) is 3.25. The van der Waals surface area contributed by atoms with Gasteiger partial charge in [-0.25, -0.2) is 0 Å². The summed E-state index contributed by atoms with van der Waals surface area (Å²) in [5.41, 5.74) is 4.19. The maximum atomic E-state index is 3.20. The molecule has 1 aromatic heterocycles. The lowest BCUT2D eigenvalue weighted by Crippen LogP contribution is -2.08. The SMILES string of the molecule is CNCCCc1cccc2cc(C)n(C)c12. The van der Waals surface area contributed by atoms with Gasteiger partial charge in [-0.15, -0.1) is 0 Å². The lowest BCUT2D eigenvalue weighted by atomic mass is 10.1. The zero-order chi connectivity index (χ0) is 11.5. The molecule has 0 aliphatic carbocycles. The van der Waals surface area contributed by atoms with Crippen LogP contribution in [-0.4, -0.2) is 18.2 Å². The molecule has 1 heterocycles. The Labute approximate surface area is 97.3 Å². The molecule has 86 valence electrons. The van der Waals surface area contributed by atoms with Gasteiger partial charge in [-0.2, -0.15) is 0 Å². The van der Waals surface area contributed by atoms with E-state index in [1.54, 1.807) is 0 Å². The lowest BCUT2D eigenvalue weighted by molar-refractivity contribution is 0.724. The van der Waals surface area contributed by atoms with Crippen LogP contribution in [-0.2, 0) is 13.5 Å². The first kappa shape index (κ1) is 11.2. The molecule has 16 heavy (non-hydrogen) atoms. The van der Waals surface area contributed by atoms with Crippen molar-refractivity contribution >= 4 is 10.9 Å². The Balaban J connectivity index is 2.36. The van der Waals surface area contributed by atoms with Gasteiger partial charge in [0.2, 0.25) is 0 Å². The zero-order valence-corrected chi connectivity index (χ0v) is 10.4. The first-order valence-electron chi connectivity index (χ1n) is 5.92. The molecule has 0 amide bonds. The number of rotatable bonds is 4. The lowest BCUT2D eigenvalue weighted by Gasteiger charge is -2.07. The summed E-state index contributed by atoms with van der Waals surface area (Å²) in [6.07, 6.45) is 2.34. The van der Waals surface area contributed by atoms with Crippen molar-refractivity contribution in [1.29, 1.82) is 0 Å². The van der Waals surface area contributed by atoms with E-state index in [1.165, 1.54) is 28.6 Å². The van der Waals surface area contributed by atoms with Gasteiger partial charge in [0.15, 0.2) is 0 Å². The minimum absolute atomic E-state index is 1.08. The predicted octanol–water partition coefficient (Wildman–Crippen LogP) is 2.64. The number of aromatic nitrogens is 1. The van der Waals surface area contributed by atoms with Crippen molar-refractivity contribution in [3.8, 4) is 0 Å². The summed E-state index contributed by atoms with van der Waals surface area (Å²) in [6.45, 7) is 3.25. The third-order valence-corrected chi connectivity index (χ3v) is 3.25.